The van der Waals surface area contributed by atoms with E-state index in [1.54, 1.807) is 0 Å². The van der Waals surface area contributed by atoms with Crippen LogP contribution in [0, 0.1) is 0 Å². The van der Waals surface area contributed by atoms with Crippen LogP contribution in [0.1, 0.15) is 36.1 Å². The highest BCUT2D eigenvalue weighted by Crippen LogP contribution is 2.32. The molecule has 0 bridgehead atoms. The molecule has 1 atom stereocenters. The van der Waals surface area contributed by atoms with Crippen molar-refractivity contribution in [2.24, 2.45) is 5.73 Å². The lowest BCUT2D eigenvalue weighted by Crippen LogP contribution is -2.05. The third-order valence-corrected chi connectivity index (χ3v) is 4.45. The first kappa shape index (κ1) is 13.7. The van der Waals surface area contributed by atoms with E-state index in [2.05, 4.69) is 34.1 Å². The number of halogens is 1. The Kier molecular flexibility index (Phi) is 3.81. The maximum Gasteiger partial charge on any atom is 0.128 e. The van der Waals surface area contributed by atoms with Crippen molar-refractivity contribution in [2.75, 3.05) is 0 Å². The van der Waals surface area contributed by atoms with Crippen molar-refractivity contribution >= 4 is 15.9 Å². The predicted octanol–water partition coefficient (Wildman–Crippen LogP) is 4.75. The molecule has 0 saturated carbocycles. The summed E-state index contributed by atoms with van der Waals surface area (Å²) in [5.41, 5.74) is 9.89. The number of aryl methyl sites for hydroxylation is 2. The van der Waals surface area contributed by atoms with Crippen molar-refractivity contribution < 1.29 is 4.74 Å². The van der Waals surface area contributed by atoms with Gasteiger partial charge in [0.2, 0.25) is 0 Å². The molecule has 0 unspecified atom stereocenters. The topological polar surface area (TPSA) is 35.2 Å². The first-order valence-electron chi connectivity index (χ1n) is 6.98. The van der Waals surface area contributed by atoms with Crippen molar-refractivity contribution in [3.63, 3.8) is 0 Å². The maximum atomic E-state index is 5.95. The summed E-state index contributed by atoms with van der Waals surface area (Å²) in [5.74, 6) is 1.74. The standard InChI is InChI=1S/C17H18BrNO/c1-11(19)16-8-7-15(10-17(16)18)20-14-6-5-12-3-2-4-13(12)9-14/h5-11H,2-4,19H2,1H3/t11-/m0/s1. The zero-order valence-corrected chi connectivity index (χ0v) is 13.1. The number of ether oxygens (including phenoxy) is 1. The minimum absolute atomic E-state index is 0.0124. The molecule has 104 valence electrons. The fraction of sp³-hybridized carbons (Fsp3) is 0.294. The predicted molar refractivity (Wildman–Crippen MR) is 85.3 cm³/mol. The second kappa shape index (κ2) is 5.58. The lowest BCUT2D eigenvalue weighted by atomic mass is 10.1. The van der Waals surface area contributed by atoms with E-state index in [9.17, 15) is 0 Å². The third-order valence-electron chi connectivity index (χ3n) is 3.77. The Morgan fingerprint density at radius 1 is 1.05 bits per heavy atom. The van der Waals surface area contributed by atoms with Crippen LogP contribution in [0.2, 0.25) is 0 Å². The van der Waals surface area contributed by atoms with E-state index in [0.29, 0.717) is 0 Å². The van der Waals surface area contributed by atoms with Crippen LogP contribution in [0.5, 0.6) is 11.5 Å². The van der Waals surface area contributed by atoms with Crippen molar-refractivity contribution in [2.45, 2.75) is 32.2 Å². The van der Waals surface area contributed by atoms with Crippen molar-refractivity contribution in [3.8, 4) is 11.5 Å². The minimum atomic E-state index is 0.0124. The fourth-order valence-corrected chi connectivity index (χ4v) is 3.41. The molecule has 0 heterocycles. The van der Waals surface area contributed by atoms with E-state index >= 15 is 0 Å². The smallest absolute Gasteiger partial charge is 0.128 e. The molecule has 2 nitrogen and oxygen atoms in total. The Balaban J connectivity index is 1.83. The molecule has 2 aromatic carbocycles. The highest BCUT2D eigenvalue weighted by molar-refractivity contribution is 9.10. The quantitative estimate of drug-likeness (QED) is 0.880. The Labute approximate surface area is 128 Å². The van der Waals surface area contributed by atoms with Gasteiger partial charge in [-0.25, -0.2) is 0 Å². The van der Waals surface area contributed by atoms with E-state index in [-0.39, 0.29) is 6.04 Å². The van der Waals surface area contributed by atoms with Gasteiger partial charge in [0.1, 0.15) is 11.5 Å². The Morgan fingerprint density at radius 3 is 2.50 bits per heavy atom. The highest BCUT2D eigenvalue weighted by Gasteiger charge is 2.12. The van der Waals surface area contributed by atoms with Gasteiger partial charge >= 0.3 is 0 Å². The molecule has 1 aliphatic carbocycles. The van der Waals surface area contributed by atoms with Crippen molar-refractivity contribution in [1.29, 1.82) is 0 Å². The summed E-state index contributed by atoms with van der Waals surface area (Å²) in [7, 11) is 0. The summed E-state index contributed by atoms with van der Waals surface area (Å²) in [6, 6.07) is 12.4. The minimum Gasteiger partial charge on any atom is -0.457 e. The van der Waals surface area contributed by atoms with Gasteiger partial charge in [0.05, 0.1) is 0 Å². The summed E-state index contributed by atoms with van der Waals surface area (Å²) in [4.78, 5) is 0. The molecule has 0 amide bonds. The van der Waals surface area contributed by atoms with Crippen molar-refractivity contribution in [1.82, 2.24) is 0 Å². The molecule has 0 fully saturated rings. The fourth-order valence-electron chi connectivity index (χ4n) is 2.69. The van der Waals surface area contributed by atoms with Crippen LogP contribution in [0.25, 0.3) is 0 Å². The number of rotatable bonds is 3. The number of nitrogens with two attached hydrogens (primary N) is 1. The number of hydrogen-bond acceptors (Lipinski definition) is 2. The SMILES string of the molecule is C[C@H](N)c1ccc(Oc2ccc3c(c2)CCC3)cc1Br. The Morgan fingerprint density at radius 2 is 1.75 bits per heavy atom. The van der Waals surface area contributed by atoms with Crippen LogP contribution < -0.4 is 10.5 Å². The Hall–Kier alpha value is -1.32. The number of benzene rings is 2. The van der Waals surface area contributed by atoms with E-state index in [0.717, 1.165) is 21.5 Å². The molecular weight excluding hydrogens is 314 g/mol. The number of hydrogen-bond donors (Lipinski definition) is 1. The largest absolute Gasteiger partial charge is 0.457 e. The van der Waals surface area contributed by atoms with E-state index in [1.807, 2.05) is 25.1 Å². The van der Waals surface area contributed by atoms with Gasteiger partial charge < -0.3 is 10.5 Å². The van der Waals surface area contributed by atoms with Crippen molar-refractivity contribution in [3.05, 3.63) is 57.6 Å². The zero-order valence-electron chi connectivity index (χ0n) is 11.5. The van der Waals surface area contributed by atoms with Gasteiger partial charge in [-0.05, 0) is 67.1 Å². The summed E-state index contributed by atoms with van der Waals surface area (Å²) in [5, 5.41) is 0. The van der Waals surface area contributed by atoms with Crippen LogP contribution in [-0.4, -0.2) is 0 Å². The van der Waals surface area contributed by atoms with Gasteiger partial charge in [-0.2, -0.15) is 0 Å². The maximum absolute atomic E-state index is 5.95. The van der Waals surface area contributed by atoms with E-state index in [1.165, 1.54) is 30.4 Å². The van der Waals surface area contributed by atoms with E-state index in [4.69, 9.17) is 10.5 Å². The van der Waals surface area contributed by atoms with Gasteiger partial charge in [0.15, 0.2) is 0 Å². The summed E-state index contributed by atoms with van der Waals surface area (Å²) < 4.78 is 6.94. The molecule has 3 rings (SSSR count). The van der Waals surface area contributed by atoms with Gasteiger partial charge in [0, 0.05) is 10.5 Å². The van der Waals surface area contributed by atoms with Crippen LogP contribution in [0.3, 0.4) is 0 Å². The van der Waals surface area contributed by atoms with Crippen LogP contribution in [-0.2, 0) is 12.8 Å². The zero-order chi connectivity index (χ0) is 14.1. The average molecular weight is 332 g/mol. The highest BCUT2D eigenvalue weighted by atomic mass is 79.9. The lowest BCUT2D eigenvalue weighted by molar-refractivity contribution is 0.481. The molecule has 3 heteroatoms. The van der Waals surface area contributed by atoms with Gasteiger partial charge in [-0.15, -0.1) is 0 Å². The summed E-state index contributed by atoms with van der Waals surface area (Å²) in [6.45, 7) is 1.97. The molecule has 0 spiro atoms. The molecule has 0 aromatic heterocycles. The van der Waals surface area contributed by atoms with E-state index < -0.39 is 0 Å². The molecule has 1 aliphatic rings. The van der Waals surface area contributed by atoms with Gasteiger partial charge in [-0.3, -0.25) is 0 Å². The molecule has 0 aliphatic heterocycles. The normalized spacial score (nSPS) is 14.9. The summed E-state index contributed by atoms with van der Waals surface area (Å²) in [6.07, 6.45) is 3.62. The first-order chi connectivity index (χ1) is 9.63. The molecule has 0 saturated heterocycles. The van der Waals surface area contributed by atoms with Gasteiger partial charge in [-0.1, -0.05) is 28.1 Å². The third kappa shape index (κ3) is 2.74. The van der Waals surface area contributed by atoms with Crippen LogP contribution in [0.4, 0.5) is 0 Å². The molecule has 2 N–H and O–H groups in total. The average Bonchev–Trinajstić information content (AvgIpc) is 2.85. The molecule has 20 heavy (non-hydrogen) atoms. The Bertz CT molecular complexity index is 637. The first-order valence-corrected chi connectivity index (χ1v) is 7.77. The lowest BCUT2D eigenvalue weighted by Gasteiger charge is -2.12. The van der Waals surface area contributed by atoms with Gasteiger partial charge in [0.25, 0.3) is 0 Å². The second-order valence-corrected chi connectivity index (χ2v) is 6.21. The van der Waals surface area contributed by atoms with Crippen LogP contribution in [0.15, 0.2) is 40.9 Å². The molecular formula is C17H18BrNO. The second-order valence-electron chi connectivity index (χ2n) is 5.36. The summed E-state index contributed by atoms with van der Waals surface area (Å²) >= 11 is 3.55. The molecule has 0 radical (unpaired) electrons. The van der Waals surface area contributed by atoms with Crippen LogP contribution >= 0.6 is 15.9 Å². The monoisotopic (exact) mass is 331 g/mol. The number of fused-ring (bicyclic) bond motifs is 1. The molecule has 2 aromatic rings.